The van der Waals surface area contributed by atoms with Gasteiger partial charge in [0.15, 0.2) is 0 Å². The summed E-state index contributed by atoms with van der Waals surface area (Å²) in [5, 5.41) is 3.03. The van der Waals surface area contributed by atoms with E-state index in [1.807, 2.05) is 6.07 Å². The molecule has 40 heavy (non-hydrogen) atoms. The van der Waals surface area contributed by atoms with Crippen molar-refractivity contribution in [3.8, 4) is 0 Å². The minimum atomic E-state index is -4.28. The molecule has 1 N–H and O–H groups in total. The van der Waals surface area contributed by atoms with E-state index in [4.69, 9.17) is 23.2 Å². The molecule has 2 aromatic rings. The van der Waals surface area contributed by atoms with Gasteiger partial charge in [0.2, 0.25) is 27.7 Å². The van der Waals surface area contributed by atoms with Gasteiger partial charge in [0, 0.05) is 42.3 Å². The minimum Gasteiger partial charge on any atom is -0.343 e. The van der Waals surface area contributed by atoms with E-state index in [9.17, 15) is 22.8 Å². The Balaban J connectivity index is 1.42. The van der Waals surface area contributed by atoms with Gasteiger partial charge in [-0.05, 0) is 55.5 Å². The molecule has 3 unspecified atom stereocenters. The quantitative estimate of drug-likeness (QED) is 0.517. The molecule has 4 fully saturated rings. The molecule has 4 aliphatic rings. The molecule has 3 atom stereocenters. The molecular weight excluding hydrogens is 577 g/mol. The van der Waals surface area contributed by atoms with Crippen LogP contribution in [0.3, 0.4) is 0 Å². The zero-order valence-corrected chi connectivity index (χ0v) is 23.9. The number of nitrogens with zero attached hydrogens (tertiary/aromatic N) is 4. The van der Waals surface area contributed by atoms with Crippen LogP contribution in [-0.2, 0) is 30.8 Å². The van der Waals surface area contributed by atoms with Crippen LogP contribution in [0.15, 0.2) is 47.6 Å². The second kappa shape index (κ2) is 10.6. The van der Waals surface area contributed by atoms with Gasteiger partial charge in [-0.15, -0.1) is 0 Å². The summed E-state index contributed by atoms with van der Waals surface area (Å²) in [6.07, 6.45) is 6.46. The average Bonchev–Trinajstić information content (AvgIpc) is 3.71. The van der Waals surface area contributed by atoms with Gasteiger partial charge in [-0.2, -0.15) is 4.31 Å². The van der Waals surface area contributed by atoms with Crippen LogP contribution in [-0.4, -0.2) is 82.6 Å². The van der Waals surface area contributed by atoms with E-state index >= 15 is 0 Å². The number of halogens is 2. The lowest BCUT2D eigenvalue weighted by Crippen LogP contribution is -2.76. The number of nitrogens with one attached hydrogen (secondary N) is 1. The fourth-order valence-corrected chi connectivity index (χ4v) is 8.07. The van der Waals surface area contributed by atoms with E-state index in [1.54, 1.807) is 23.4 Å². The van der Waals surface area contributed by atoms with Crippen LogP contribution in [0.2, 0.25) is 10.0 Å². The SMILES string of the molecule is O=C(NC1CN(S(=O)(=O)c2ccc(Cl)cc2Cl)C2CN(C3CC3)C(=O)C(Cc3cccnc3)N2C1=O)C1CCC1. The maximum Gasteiger partial charge on any atom is 0.248 e. The van der Waals surface area contributed by atoms with E-state index < -0.39 is 34.2 Å². The van der Waals surface area contributed by atoms with Gasteiger partial charge in [-0.3, -0.25) is 19.4 Å². The Labute approximate surface area is 242 Å². The molecule has 6 rings (SSSR count). The Morgan fingerprint density at radius 3 is 2.45 bits per heavy atom. The minimum absolute atomic E-state index is 0.000803. The number of sulfonamides is 1. The van der Waals surface area contributed by atoms with Gasteiger partial charge in [0.05, 0.1) is 11.6 Å². The number of piperazine rings is 1. The van der Waals surface area contributed by atoms with E-state index in [1.165, 1.54) is 27.4 Å². The highest BCUT2D eigenvalue weighted by molar-refractivity contribution is 7.89. The number of fused-ring (bicyclic) bond motifs is 1. The molecule has 212 valence electrons. The number of rotatable bonds is 7. The predicted molar refractivity (Wildman–Crippen MR) is 147 cm³/mol. The molecule has 1 aromatic carbocycles. The number of carbonyl (C=O) groups excluding carboxylic acids is 3. The van der Waals surface area contributed by atoms with Crippen molar-refractivity contribution in [3.05, 3.63) is 58.3 Å². The smallest absolute Gasteiger partial charge is 0.248 e. The molecule has 0 spiro atoms. The maximum atomic E-state index is 14.2. The van der Waals surface area contributed by atoms with Gasteiger partial charge in [0.25, 0.3) is 0 Å². The lowest BCUT2D eigenvalue weighted by molar-refractivity contribution is -0.168. The summed E-state index contributed by atoms with van der Waals surface area (Å²) in [5.74, 6) is -1.19. The number of pyridine rings is 1. The molecule has 2 saturated heterocycles. The predicted octanol–water partition coefficient (Wildman–Crippen LogP) is 2.45. The van der Waals surface area contributed by atoms with Crippen LogP contribution in [0.4, 0.5) is 0 Å². The van der Waals surface area contributed by atoms with Crippen molar-refractivity contribution in [2.45, 2.75) is 67.7 Å². The van der Waals surface area contributed by atoms with Crippen LogP contribution >= 0.6 is 23.2 Å². The van der Waals surface area contributed by atoms with Crippen LogP contribution in [0, 0.1) is 5.92 Å². The van der Waals surface area contributed by atoms with Crippen molar-refractivity contribution in [1.29, 1.82) is 0 Å². The number of aromatic nitrogens is 1. The van der Waals surface area contributed by atoms with Crippen molar-refractivity contribution in [3.63, 3.8) is 0 Å². The Kier molecular flexibility index (Phi) is 7.27. The Hall–Kier alpha value is -2.73. The lowest BCUT2D eigenvalue weighted by atomic mass is 9.84. The highest BCUT2D eigenvalue weighted by Gasteiger charge is 2.56. The van der Waals surface area contributed by atoms with Gasteiger partial charge >= 0.3 is 0 Å². The summed E-state index contributed by atoms with van der Waals surface area (Å²) in [5.41, 5.74) is 0.737. The van der Waals surface area contributed by atoms with E-state index in [0.717, 1.165) is 37.7 Å². The monoisotopic (exact) mass is 605 g/mol. The van der Waals surface area contributed by atoms with Crippen molar-refractivity contribution in [2.24, 2.45) is 5.92 Å². The third-order valence-corrected chi connectivity index (χ3v) is 10.8. The molecular formula is C27H29Cl2N5O5S. The van der Waals surface area contributed by atoms with Crippen molar-refractivity contribution >= 4 is 50.9 Å². The molecule has 0 radical (unpaired) electrons. The van der Waals surface area contributed by atoms with Crippen LogP contribution in [0.5, 0.6) is 0 Å². The van der Waals surface area contributed by atoms with Crippen LogP contribution < -0.4 is 5.32 Å². The highest BCUT2D eigenvalue weighted by atomic mass is 35.5. The molecule has 3 heterocycles. The first kappa shape index (κ1) is 27.4. The normalized spacial score (nSPS) is 25.9. The third kappa shape index (κ3) is 4.97. The first-order chi connectivity index (χ1) is 19.1. The molecule has 13 heteroatoms. The number of benzene rings is 1. The second-order valence-electron chi connectivity index (χ2n) is 10.9. The first-order valence-corrected chi connectivity index (χ1v) is 15.6. The standard InChI is InChI=1S/C27H29Cl2N5O5S/c28-18-6-9-23(20(29)12-18)40(38,39)33-14-21(31-25(35)17-4-1-5-17)26(36)34-22(11-16-3-2-10-30-13-16)27(37)32(15-24(33)34)19-7-8-19/h2-3,6,9-10,12-13,17,19,21-22,24H,1,4-5,7-8,11,14-15H2,(H,31,35). The summed E-state index contributed by atoms with van der Waals surface area (Å²) in [6.45, 7) is -0.238. The highest BCUT2D eigenvalue weighted by Crippen LogP contribution is 2.38. The van der Waals surface area contributed by atoms with Crippen molar-refractivity contribution < 1.29 is 22.8 Å². The van der Waals surface area contributed by atoms with Crippen molar-refractivity contribution in [2.75, 3.05) is 13.1 Å². The molecule has 1 aromatic heterocycles. The number of amides is 3. The zero-order chi connectivity index (χ0) is 28.2. The van der Waals surface area contributed by atoms with E-state index in [2.05, 4.69) is 10.3 Å². The lowest BCUT2D eigenvalue weighted by Gasteiger charge is -2.53. The number of carbonyl (C=O) groups is 3. The van der Waals surface area contributed by atoms with Crippen LogP contribution in [0.25, 0.3) is 0 Å². The zero-order valence-electron chi connectivity index (χ0n) is 21.6. The Morgan fingerprint density at radius 2 is 1.82 bits per heavy atom. The largest absolute Gasteiger partial charge is 0.343 e. The summed E-state index contributed by atoms with van der Waals surface area (Å²) in [6, 6.07) is 5.58. The first-order valence-electron chi connectivity index (χ1n) is 13.4. The molecule has 2 saturated carbocycles. The van der Waals surface area contributed by atoms with Gasteiger partial charge in [-0.1, -0.05) is 35.7 Å². The second-order valence-corrected chi connectivity index (χ2v) is 13.6. The summed E-state index contributed by atoms with van der Waals surface area (Å²) in [7, 11) is -4.28. The van der Waals surface area contributed by atoms with Crippen LogP contribution in [0.1, 0.15) is 37.7 Å². The fraction of sp³-hybridized carbons (Fsp3) is 0.481. The molecule has 0 bridgehead atoms. The third-order valence-electron chi connectivity index (χ3n) is 8.25. The summed E-state index contributed by atoms with van der Waals surface area (Å²) in [4.78, 5) is 47.9. The van der Waals surface area contributed by atoms with Gasteiger partial charge < -0.3 is 15.1 Å². The topological polar surface area (TPSA) is 120 Å². The summed E-state index contributed by atoms with van der Waals surface area (Å²) >= 11 is 12.4. The molecule has 2 aliphatic heterocycles. The molecule has 3 amide bonds. The number of hydrogen-bond donors (Lipinski definition) is 1. The average molecular weight is 607 g/mol. The number of hydrogen-bond acceptors (Lipinski definition) is 6. The Bertz CT molecular complexity index is 1450. The van der Waals surface area contributed by atoms with E-state index in [-0.39, 0.29) is 58.2 Å². The Morgan fingerprint density at radius 1 is 1.05 bits per heavy atom. The molecule has 10 nitrogen and oxygen atoms in total. The van der Waals surface area contributed by atoms with Gasteiger partial charge in [-0.25, -0.2) is 8.42 Å². The van der Waals surface area contributed by atoms with Gasteiger partial charge in [0.1, 0.15) is 23.1 Å². The molecule has 2 aliphatic carbocycles. The summed E-state index contributed by atoms with van der Waals surface area (Å²) < 4.78 is 29.6. The van der Waals surface area contributed by atoms with Crippen molar-refractivity contribution in [1.82, 2.24) is 24.4 Å². The van der Waals surface area contributed by atoms with E-state index in [0.29, 0.717) is 0 Å². The maximum absolute atomic E-state index is 14.2. The fourth-order valence-electron chi connectivity index (χ4n) is 5.74.